The van der Waals surface area contributed by atoms with E-state index < -0.39 is 6.10 Å². The molecule has 1 atom stereocenters. The molecule has 2 rings (SSSR count). The molecular weight excluding hydrogens is 242 g/mol. The lowest BCUT2D eigenvalue weighted by molar-refractivity contribution is 0.0916. The zero-order chi connectivity index (χ0) is 13.8. The van der Waals surface area contributed by atoms with Gasteiger partial charge >= 0.3 is 0 Å². The second-order valence-corrected chi connectivity index (χ2v) is 5.18. The average molecular weight is 265 g/mol. The van der Waals surface area contributed by atoms with Crippen molar-refractivity contribution in [1.82, 2.24) is 14.7 Å². The van der Waals surface area contributed by atoms with Gasteiger partial charge in [0, 0.05) is 26.2 Å². The second-order valence-electron chi connectivity index (χ2n) is 5.18. The number of aromatic nitrogens is 2. The highest BCUT2D eigenvalue weighted by Gasteiger charge is 2.19. The lowest BCUT2D eigenvalue weighted by atomic mass is 10.2. The predicted molar refractivity (Wildman–Crippen MR) is 73.6 cm³/mol. The quantitative estimate of drug-likeness (QED) is 0.800. The van der Waals surface area contributed by atoms with Gasteiger partial charge in [-0.05, 0) is 26.3 Å². The van der Waals surface area contributed by atoms with Crippen LogP contribution in [-0.4, -0.2) is 44.6 Å². The van der Waals surface area contributed by atoms with Crippen molar-refractivity contribution in [3.8, 4) is 0 Å². The number of fused-ring (bicyclic) bond motifs is 1. The molecule has 1 aromatic heterocycles. The van der Waals surface area contributed by atoms with Crippen LogP contribution < -0.4 is 0 Å². The molecule has 0 bridgehead atoms. The summed E-state index contributed by atoms with van der Waals surface area (Å²) in [5.41, 5.74) is 3.05. The molecule has 0 aliphatic carbocycles. The Bertz CT molecular complexity index is 454. The largest absolute Gasteiger partial charge is 0.393 e. The fourth-order valence-electron chi connectivity index (χ4n) is 2.39. The van der Waals surface area contributed by atoms with E-state index in [-0.39, 0.29) is 6.61 Å². The minimum Gasteiger partial charge on any atom is -0.393 e. The van der Waals surface area contributed by atoms with Gasteiger partial charge < -0.3 is 10.2 Å². The van der Waals surface area contributed by atoms with Crippen molar-refractivity contribution in [3.63, 3.8) is 0 Å². The molecule has 1 unspecified atom stereocenters. The normalized spacial score (nSPS) is 19.1. The Morgan fingerprint density at radius 2 is 2.32 bits per heavy atom. The van der Waals surface area contributed by atoms with Gasteiger partial charge in [-0.2, -0.15) is 5.10 Å². The highest BCUT2D eigenvalue weighted by Crippen LogP contribution is 2.18. The first-order valence-electron chi connectivity index (χ1n) is 6.83. The van der Waals surface area contributed by atoms with Gasteiger partial charge in [0.2, 0.25) is 0 Å². The number of hydrogen-bond donors (Lipinski definition) is 2. The van der Waals surface area contributed by atoms with Gasteiger partial charge in [0.25, 0.3) is 0 Å². The molecule has 106 valence electrons. The zero-order valence-corrected chi connectivity index (χ0v) is 11.7. The summed E-state index contributed by atoms with van der Waals surface area (Å²) in [7, 11) is 0. The molecule has 0 aromatic carbocycles. The molecule has 0 fully saturated rings. The number of allylic oxidation sites excluding steroid dienone is 1. The van der Waals surface area contributed by atoms with Gasteiger partial charge in [-0.3, -0.25) is 9.58 Å². The van der Waals surface area contributed by atoms with Gasteiger partial charge in [0.1, 0.15) is 6.10 Å². The summed E-state index contributed by atoms with van der Waals surface area (Å²) in [6, 6.07) is 1.91. The van der Waals surface area contributed by atoms with Crippen molar-refractivity contribution in [1.29, 1.82) is 0 Å². The highest BCUT2D eigenvalue weighted by atomic mass is 16.3. The first-order valence-corrected chi connectivity index (χ1v) is 6.83. The number of rotatable bonds is 4. The first-order chi connectivity index (χ1) is 9.13. The van der Waals surface area contributed by atoms with Crippen LogP contribution in [-0.2, 0) is 13.1 Å². The Labute approximate surface area is 114 Å². The van der Waals surface area contributed by atoms with E-state index in [2.05, 4.69) is 29.9 Å². The molecule has 0 radical (unpaired) electrons. The smallest absolute Gasteiger partial charge is 0.121 e. The number of aryl methyl sites for hydroxylation is 1. The van der Waals surface area contributed by atoms with Gasteiger partial charge in [0.05, 0.1) is 18.0 Å². The van der Waals surface area contributed by atoms with Crippen LogP contribution in [0.5, 0.6) is 0 Å². The van der Waals surface area contributed by atoms with Crippen LogP contribution in [0, 0.1) is 0 Å². The Hall–Kier alpha value is -1.17. The monoisotopic (exact) mass is 265 g/mol. The van der Waals surface area contributed by atoms with Gasteiger partial charge in [-0.25, -0.2) is 0 Å². The standard InChI is InChI=1S/C14H23N3O2/c1-3-11(2)8-16-5-4-6-17-12(9-16)7-13(15-17)14(19)10-18/h3,7,14,18-19H,4-6,8-10H2,1-2H3/b11-3+. The van der Waals surface area contributed by atoms with Crippen molar-refractivity contribution in [2.45, 2.75) is 39.5 Å². The maximum Gasteiger partial charge on any atom is 0.121 e. The van der Waals surface area contributed by atoms with E-state index in [0.717, 1.165) is 38.3 Å². The van der Waals surface area contributed by atoms with Crippen molar-refractivity contribution < 1.29 is 10.2 Å². The van der Waals surface area contributed by atoms with E-state index in [4.69, 9.17) is 5.11 Å². The Morgan fingerprint density at radius 3 is 3.00 bits per heavy atom. The van der Waals surface area contributed by atoms with E-state index in [1.54, 1.807) is 0 Å². The van der Waals surface area contributed by atoms with Gasteiger partial charge in [-0.1, -0.05) is 11.6 Å². The third-order valence-electron chi connectivity index (χ3n) is 3.59. The molecule has 5 nitrogen and oxygen atoms in total. The third kappa shape index (κ3) is 3.43. The van der Waals surface area contributed by atoms with Crippen LogP contribution in [0.3, 0.4) is 0 Å². The third-order valence-corrected chi connectivity index (χ3v) is 3.59. The number of aliphatic hydroxyl groups excluding tert-OH is 2. The number of aliphatic hydroxyl groups is 2. The lowest BCUT2D eigenvalue weighted by Crippen LogP contribution is -2.25. The Kier molecular flexibility index (Phi) is 4.74. The summed E-state index contributed by atoms with van der Waals surface area (Å²) >= 11 is 0. The first kappa shape index (κ1) is 14.2. The van der Waals surface area contributed by atoms with Crippen molar-refractivity contribution in [2.75, 3.05) is 19.7 Å². The molecule has 1 aliphatic heterocycles. The fourth-order valence-corrected chi connectivity index (χ4v) is 2.39. The van der Waals surface area contributed by atoms with Gasteiger partial charge in [0.15, 0.2) is 0 Å². The minimum absolute atomic E-state index is 0.280. The summed E-state index contributed by atoms with van der Waals surface area (Å²) in [6.07, 6.45) is 2.33. The van der Waals surface area contributed by atoms with E-state index in [1.807, 2.05) is 10.7 Å². The zero-order valence-electron chi connectivity index (χ0n) is 11.7. The summed E-state index contributed by atoms with van der Waals surface area (Å²) in [4.78, 5) is 2.39. The minimum atomic E-state index is -0.870. The summed E-state index contributed by atoms with van der Waals surface area (Å²) in [5.74, 6) is 0. The van der Waals surface area contributed by atoms with Crippen LogP contribution in [0.25, 0.3) is 0 Å². The number of nitrogens with zero attached hydrogens (tertiary/aromatic N) is 3. The van der Waals surface area contributed by atoms with Crippen LogP contribution in [0.2, 0.25) is 0 Å². The maximum atomic E-state index is 9.65. The topological polar surface area (TPSA) is 61.5 Å². The fraction of sp³-hybridized carbons (Fsp3) is 0.643. The molecule has 1 aliphatic rings. The van der Waals surface area contributed by atoms with Crippen LogP contribution in [0.1, 0.15) is 37.8 Å². The van der Waals surface area contributed by atoms with Crippen molar-refractivity contribution in [2.24, 2.45) is 0 Å². The average Bonchev–Trinajstić information content (AvgIpc) is 2.71. The predicted octanol–water partition coefficient (Wildman–Crippen LogP) is 1.08. The molecule has 0 spiro atoms. The molecular formula is C14H23N3O2. The molecule has 1 aromatic rings. The summed E-state index contributed by atoms with van der Waals surface area (Å²) < 4.78 is 1.96. The van der Waals surface area contributed by atoms with Crippen LogP contribution in [0.15, 0.2) is 17.7 Å². The van der Waals surface area contributed by atoms with E-state index in [1.165, 1.54) is 5.57 Å². The Balaban J connectivity index is 2.12. The SMILES string of the molecule is C/C=C(\C)CN1CCCn2nc(C(O)CO)cc2C1. The molecule has 5 heteroatoms. The van der Waals surface area contributed by atoms with E-state index in [9.17, 15) is 5.11 Å². The Morgan fingerprint density at radius 1 is 1.53 bits per heavy atom. The number of hydrogen-bond acceptors (Lipinski definition) is 4. The molecule has 0 amide bonds. The molecule has 2 N–H and O–H groups in total. The molecule has 19 heavy (non-hydrogen) atoms. The van der Waals surface area contributed by atoms with Crippen molar-refractivity contribution in [3.05, 3.63) is 29.1 Å². The van der Waals surface area contributed by atoms with Gasteiger partial charge in [-0.15, -0.1) is 0 Å². The van der Waals surface area contributed by atoms with Crippen molar-refractivity contribution >= 4 is 0 Å². The maximum absolute atomic E-state index is 9.65. The lowest BCUT2D eigenvalue weighted by Gasteiger charge is -2.19. The van der Waals surface area contributed by atoms with Crippen LogP contribution in [0.4, 0.5) is 0 Å². The molecule has 0 saturated heterocycles. The second kappa shape index (κ2) is 6.32. The highest BCUT2D eigenvalue weighted by molar-refractivity contribution is 5.14. The summed E-state index contributed by atoms with van der Waals surface area (Å²) in [6.45, 7) is 7.68. The van der Waals surface area contributed by atoms with E-state index >= 15 is 0 Å². The molecule has 0 saturated carbocycles. The summed E-state index contributed by atoms with van der Waals surface area (Å²) in [5, 5.41) is 23.0. The van der Waals surface area contributed by atoms with E-state index in [0.29, 0.717) is 5.69 Å². The van der Waals surface area contributed by atoms with Crippen LogP contribution >= 0.6 is 0 Å². The molecule has 2 heterocycles.